The van der Waals surface area contributed by atoms with Crippen LogP contribution in [0.3, 0.4) is 0 Å². The van der Waals surface area contributed by atoms with Crippen molar-refractivity contribution in [3.63, 3.8) is 0 Å². The number of hydrogen-bond acceptors (Lipinski definition) is 4. The zero-order chi connectivity index (χ0) is 22.0. The lowest BCUT2D eigenvalue weighted by Crippen LogP contribution is -2.26. The smallest absolute Gasteiger partial charge is 0.256 e. The summed E-state index contributed by atoms with van der Waals surface area (Å²) in [4.78, 5) is 40.2. The molecule has 0 heterocycles. The molecule has 2 aliphatic rings. The van der Waals surface area contributed by atoms with Gasteiger partial charge in [-0.3, -0.25) is 14.4 Å². The minimum Gasteiger partial charge on any atom is -0.322 e. The lowest BCUT2D eigenvalue weighted by Gasteiger charge is -2.22. The van der Waals surface area contributed by atoms with E-state index in [1.807, 2.05) is 38.2 Å². The van der Waals surface area contributed by atoms with Gasteiger partial charge in [-0.15, -0.1) is 11.8 Å². The highest BCUT2D eigenvalue weighted by molar-refractivity contribution is 7.99. The number of benzene rings is 2. The summed E-state index contributed by atoms with van der Waals surface area (Å²) >= 11 is 1.46. The van der Waals surface area contributed by atoms with Gasteiger partial charge in [-0.2, -0.15) is 0 Å². The molecule has 0 spiro atoms. The Kier molecular flexibility index (Phi) is 6.05. The molecule has 1 amide bonds. The van der Waals surface area contributed by atoms with Crippen molar-refractivity contribution in [2.45, 2.75) is 31.6 Å². The molecule has 0 bridgehead atoms. The first-order valence-electron chi connectivity index (χ1n) is 10.3. The van der Waals surface area contributed by atoms with E-state index >= 15 is 0 Å². The first kappa shape index (κ1) is 21.1. The van der Waals surface area contributed by atoms with E-state index in [2.05, 4.69) is 5.32 Å². The molecule has 5 heteroatoms. The fraction of sp³-hybridized carbons (Fsp3) is 0.192. The number of fused-ring (bicyclic) bond motifs is 2. The number of nitrogens with one attached hydrogen (secondary N) is 1. The van der Waals surface area contributed by atoms with E-state index in [0.29, 0.717) is 32.7 Å². The standard InChI is InChI=1S/C26H23NO3S/c1-3-15-31-25-21(26(30)27-17-8-6-7-16(2)11-12-17)14-13-20-22(25)24(29)19-10-5-4-9-18(19)23(20)28/h4-10,12-14H,3,11,15H2,1-2H3,(H,27,30). The van der Waals surface area contributed by atoms with Gasteiger partial charge in [0, 0.05) is 32.8 Å². The molecule has 0 unspecified atom stereocenters. The SMILES string of the molecule is CCCSc1c(C(=O)NC2=CCC(C)=CC=C2)ccc2c1C(=O)c1ccccc1C2=O. The van der Waals surface area contributed by atoms with Crippen LogP contribution in [0.1, 0.15) is 68.9 Å². The zero-order valence-electron chi connectivity index (χ0n) is 17.5. The summed E-state index contributed by atoms with van der Waals surface area (Å²) in [6.45, 7) is 4.08. The van der Waals surface area contributed by atoms with Crippen LogP contribution in [0.25, 0.3) is 0 Å². The Hall–Kier alpha value is -3.18. The number of thioether (sulfide) groups is 1. The molecule has 0 radical (unpaired) electrons. The molecule has 0 aromatic heterocycles. The van der Waals surface area contributed by atoms with Crippen molar-refractivity contribution in [3.05, 3.63) is 99.8 Å². The van der Waals surface area contributed by atoms with Gasteiger partial charge in [0.15, 0.2) is 11.6 Å². The fourth-order valence-electron chi connectivity index (χ4n) is 3.70. The van der Waals surface area contributed by atoms with Crippen molar-refractivity contribution in [1.29, 1.82) is 0 Å². The molecule has 0 atom stereocenters. The predicted octanol–water partition coefficient (Wildman–Crippen LogP) is 5.48. The van der Waals surface area contributed by atoms with Gasteiger partial charge in [-0.25, -0.2) is 0 Å². The number of hydrogen-bond donors (Lipinski definition) is 1. The molecule has 0 saturated heterocycles. The maximum Gasteiger partial charge on any atom is 0.256 e. The minimum absolute atomic E-state index is 0.175. The van der Waals surface area contributed by atoms with E-state index in [1.54, 1.807) is 36.4 Å². The van der Waals surface area contributed by atoms with Gasteiger partial charge >= 0.3 is 0 Å². The first-order chi connectivity index (χ1) is 15.0. The van der Waals surface area contributed by atoms with Crippen molar-refractivity contribution in [1.82, 2.24) is 5.32 Å². The van der Waals surface area contributed by atoms with Crippen LogP contribution in [0.2, 0.25) is 0 Å². The van der Waals surface area contributed by atoms with E-state index in [4.69, 9.17) is 0 Å². The maximum absolute atomic E-state index is 13.4. The molecule has 0 fully saturated rings. The second-order valence-corrected chi connectivity index (χ2v) is 8.71. The van der Waals surface area contributed by atoms with Gasteiger partial charge in [-0.05, 0) is 43.7 Å². The van der Waals surface area contributed by atoms with Gasteiger partial charge in [0.1, 0.15) is 0 Å². The van der Waals surface area contributed by atoms with Gasteiger partial charge in [0.2, 0.25) is 0 Å². The maximum atomic E-state index is 13.4. The van der Waals surface area contributed by atoms with Gasteiger partial charge in [0.25, 0.3) is 5.91 Å². The van der Waals surface area contributed by atoms with Crippen molar-refractivity contribution < 1.29 is 14.4 Å². The van der Waals surface area contributed by atoms with E-state index in [0.717, 1.165) is 24.3 Å². The quantitative estimate of drug-likeness (QED) is 0.545. The Balaban J connectivity index is 1.77. The van der Waals surface area contributed by atoms with E-state index in [9.17, 15) is 14.4 Å². The number of carbonyl (C=O) groups excluding carboxylic acids is 3. The lowest BCUT2D eigenvalue weighted by atomic mass is 9.83. The predicted molar refractivity (Wildman–Crippen MR) is 124 cm³/mol. The number of carbonyl (C=O) groups is 3. The molecule has 156 valence electrons. The summed E-state index contributed by atoms with van der Waals surface area (Å²) in [5.74, 6) is 0.0836. The summed E-state index contributed by atoms with van der Waals surface area (Å²) in [5.41, 5.74) is 3.87. The van der Waals surface area contributed by atoms with Crippen LogP contribution in [-0.4, -0.2) is 23.2 Å². The third-order valence-corrected chi connectivity index (χ3v) is 6.62. The molecule has 31 heavy (non-hydrogen) atoms. The average Bonchev–Trinajstić information content (AvgIpc) is 2.99. The van der Waals surface area contributed by atoms with Crippen molar-refractivity contribution >= 4 is 29.2 Å². The highest BCUT2D eigenvalue weighted by Crippen LogP contribution is 2.36. The molecule has 0 saturated carbocycles. The van der Waals surface area contributed by atoms with Crippen LogP contribution in [0.15, 0.2) is 76.9 Å². The lowest BCUT2D eigenvalue weighted by molar-refractivity contribution is 0.0958. The molecular weight excluding hydrogens is 406 g/mol. The Bertz CT molecular complexity index is 1190. The molecule has 2 aliphatic carbocycles. The van der Waals surface area contributed by atoms with Gasteiger partial charge in [0.05, 0.1) is 5.56 Å². The van der Waals surface area contributed by atoms with Crippen LogP contribution < -0.4 is 5.32 Å². The number of rotatable bonds is 5. The van der Waals surface area contributed by atoms with Crippen LogP contribution in [0.4, 0.5) is 0 Å². The summed E-state index contributed by atoms with van der Waals surface area (Å²) in [5, 5.41) is 2.96. The molecular formula is C26H23NO3S. The number of ketones is 2. The summed E-state index contributed by atoms with van der Waals surface area (Å²) in [7, 11) is 0. The third kappa shape index (κ3) is 4.06. The van der Waals surface area contributed by atoms with Crippen molar-refractivity contribution in [2.75, 3.05) is 5.75 Å². The normalized spacial score (nSPS) is 14.9. The Morgan fingerprint density at radius 1 is 1.03 bits per heavy atom. The van der Waals surface area contributed by atoms with Gasteiger partial charge < -0.3 is 5.32 Å². The van der Waals surface area contributed by atoms with Crippen LogP contribution in [-0.2, 0) is 0 Å². The second-order valence-electron chi connectivity index (χ2n) is 7.61. The molecule has 2 aromatic rings. The number of amides is 1. The second kappa shape index (κ2) is 8.90. The highest BCUT2D eigenvalue weighted by atomic mass is 32.2. The fourth-order valence-corrected chi connectivity index (χ4v) is 4.77. The summed E-state index contributed by atoms with van der Waals surface area (Å²) < 4.78 is 0. The minimum atomic E-state index is -0.282. The first-order valence-corrected chi connectivity index (χ1v) is 11.3. The molecule has 4 rings (SSSR count). The van der Waals surface area contributed by atoms with Crippen LogP contribution in [0, 0.1) is 0 Å². The Labute approximate surface area is 186 Å². The van der Waals surface area contributed by atoms with E-state index < -0.39 is 0 Å². The van der Waals surface area contributed by atoms with Crippen LogP contribution >= 0.6 is 11.8 Å². The molecule has 1 N–H and O–H groups in total. The highest BCUT2D eigenvalue weighted by Gasteiger charge is 2.33. The zero-order valence-corrected chi connectivity index (χ0v) is 18.3. The Morgan fingerprint density at radius 2 is 1.77 bits per heavy atom. The average molecular weight is 430 g/mol. The number of allylic oxidation sites excluding steroid dienone is 5. The largest absolute Gasteiger partial charge is 0.322 e. The van der Waals surface area contributed by atoms with Crippen molar-refractivity contribution in [2.24, 2.45) is 0 Å². The molecule has 4 nitrogen and oxygen atoms in total. The van der Waals surface area contributed by atoms with Crippen molar-refractivity contribution in [3.8, 4) is 0 Å². The summed E-state index contributed by atoms with van der Waals surface area (Å²) in [6, 6.07) is 10.1. The van der Waals surface area contributed by atoms with Crippen LogP contribution in [0.5, 0.6) is 0 Å². The molecule has 2 aromatic carbocycles. The third-order valence-electron chi connectivity index (χ3n) is 5.30. The van der Waals surface area contributed by atoms with E-state index in [1.165, 1.54) is 17.3 Å². The molecule has 0 aliphatic heterocycles. The Morgan fingerprint density at radius 3 is 2.52 bits per heavy atom. The van der Waals surface area contributed by atoms with Gasteiger partial charge in [-0.1, -0.05) is 55.0 Å². The topological polar surface area (TPSA) is 63.2 Å². The summed E-state index contributed by atoms with van der Waals surface area (Å²) in [6.07, 6.45) is 9.39. The van der Waals surface area contributed by atoms with E-state index in [-0.39, 0.29) is 17.5 Å². The monoisotopic (exact) mass is 429 g/mol.